The molecule has 1 aromatic carbocycles. The second-order valence-corrected chi connectivity index (χ2v) is 5.28. The number of nitrogens with two attached hydrogens (primary N) is 1. The van der Waals surface area contributed by atoms with Crippen LogP contribution in [0.15, 0.2) is 47.1 Å². The first-order valence-electron chi connectivity index (χ1n) is 5.79. The van der Waals surface area contributed by atoms with E-state index in [0.29, 0.717) is 17.3 Å². The van der Waals surface area contributed by atoms with Crippen LogP contribution in [-0.4, -0.2) is 16.6 Å². The Morgan fingerprint density at radius 2 is 2.16 bits per heavy atom. The van der Waals surface area contributed by atoms with Crippen molar-refractivity contribution in [2.75, 3.05) is 6.61 Å². The molecule has 2 N–H and O–H groups in total. The molecular formula is C14H13BrN2OS. The average Bonchev–Trinajstić information content (AvgIpc) is 2.41. The van der Waals surface area contributed by atoms with E-state index >= 15 is 0 Å². The van der Waals surface area contributed by atoms with Crippen LogP contribution < -0.4 is 10.5 Å². The Labute approximate surface area is 125 Å². The highest BCUT2D eigenvalue weighted by Gasteiger charge is 2.07. The van der Waals surface area contributed by atoms with Crippen molar-refractivity contribution in [2.24, 2.45) is 5.73 Å². The number of pyridine rings is 1. The van der Waals surface area contributed by atoms with E-state index in [9.17, 15) is 0 Å². The molecule has 19 heavy (non-hydrogen) atoms. The third kappa shape index (κ3) is 4.01. The summed E-state index contributed by atoms with van der Waals surface area (Å²) in [6.45, 7) is 0.536. The molecule has 0 aliphatic heterocycles. The maximum Gasteiger partial charge on any atom is 0.129 e. The van der Waals surface area contributed by atoms with Gasteiger partial charge in [-0.15, -0.1) is 0 Å². The van der Waals surface area contributed by atoms with Gasteiger partial charge in [-0.2, -0.15) is 0 Å². The molecule has 98 valence electrons. The van der Waals surface area contributed by atoms with Gasteiger partial charge in [0, 0.05) is 22.8 Å². The van der Waals surface area contributed by atoms with Gasteiger partial charge in [-0.1, -0.05) is 34.2 Å². The predicted octanol–water partition coefficient (Wildman–Crippen LogP) is 3.10. The van der Waals surface area contributed by atoms with Crippen molar-refractivity contribution in [1.82, 2.24) is 4.98 Å². The van der Waals surface area contributed by atoms with Gasteiger partial charge in [0.1, 0.15) is 10.7 Å². The van der Waals surface area contributed by atoms with Gasteiger partial charge >= 0.3 is 0 Å². The lowest BCUT2D eigenvalue weighted by Crippen LogP contribution is -2.13. The second-order valence-electron chi connectivity index (χ2n) is 3.92. The van der Waals surface area contributed by atoms with Crippen molar-refractivity contribution in [3.8, 4) is 5.75 Å². The minimum atomic E-state index is 0.328. The molecule has 0 amide bonds. The van der Waals surface area contributed by atoms with Crippen molar-refractivity contribution in [3.63, 3.8) is 0 Å². The van der Waals surface area contributed by atoms with Gasteiger partial charge in [0.2, 0.25) is 0 Å². The van der Waals surface area contributed by atoms with Gasteiger partial charge in [-0.25, -0.2) is 0 Å². The van der Waals surface area contributed by atoms with E-state index in [4.69, 9.17) is 22.7 Å². The van der Waals surface area contributed by atoms with Gasteiger partial charge in [-0.3, -0.25) is 4.98 Å². The van der Waals surface area contributed by atoms with Crippen LogP contribution in [0.4, 0.5) is 0 Å². The Kier molecular flexibility index (Phi) is 4.87. The highest BCUT2D eigenvalue weighted by molar-refractivity contribution is 9.10. The zero-order valence-electron chi connectivity index (χ0n) is 10.2. The minimum Gasteiger partial charge on any atom is -0.492 e. The molecule has 2 aromatic rings. The van der Waals surface area contributed by atoms with Gasteiger partial charge < -0.3 is 10.5 Å². The van der Waals surface area contributed by atoms with Crippen LogP contribution in [0.2, 0.25) is 0 Å². The van der Waals surface area contributed by atoms with Crippen LogP contribution in [0.3, 0.4) is 0 Å². The Balaban J connectivity index is 2.02. The normalized spacial score (nSPS) is 10.2. The highest BCUT2D eigenvalue weighted by Crippen LogP contribution is 2.23. The monoisotopic (exact) mass is 336 g/mol. The molecule has 0 radical (unpaired) electrons. The van der Waals surface area contributed by atoms with Crippen molar-refractivity contribution in [2.45, 2.75) is 6.42 Å². The Hall–Kier alpha value is -1.46. The maximum absolute atomic E-state index is 5.73. The number of halogens is 1. The second kappa shape index (κ2) is 6.63. The Bertz CT molecular complexity index is 575. The number of rotatable bonds is 5. The Morgan fingerprint density at radius 1 is 1.32 bits per heavy atom. The summed E-state index contributed by atoms with van der Waals surface area (Å²) in [4.78, 5) is 4.57. The highest BCUT2D eigenvalue weighted by atomic mass is 79.9. The maximum atomic E-state index is 5.73. The fourth-order valence-corrected chi connectivity index (χ4v) is 2.15. The number of nitrogens with zero attached hydrogens (tertiary/aromatic N) is 1. The van der Waals surface area contributed by atoms with E-state index in [1.165, 1.54) is 0 Å². The lowest BCUT2D eigenvalue weighted by atomic mass is 10.2. The third-order valence-corrected chi connectivity index (χ3v) is 3.26. The Morgan fingerprint density at radius 3 is 2.84 bits per heavy atom. The SMILES string of the molecule is NC(=S)c1cc(Br)ccc1OCCc1ccccn1. The van der Waals surface area contributed by atoms with Crippen molar-refractivity contribution in [3.05, 3.63) is 58.3 Å². The number of aromatic nitrogens is 1. The van der Waals surface area contributed by atoms with Crippen molar-refractivity contribution in [1.29, 1.82) is 0 Å². The number of hydrogen-bond donors (Lipinski definition) is 1. The molecule has 2 rings (SSSR count). The first-order chi connectivity index (χ1) is 9.16. The zero-order chi connectivity index (χ0) is 13.7. The summed E-state index contributed by atoms with van der Waals surface area (Å²) in [5.41, 5.74) is 7.42. The lowest BCUT2D eigenvalue weighted by Gasteiger charge is -2.10. The molecule has 0 aliphatic carbocycles. The first kappa shape index (κ1) is 14.0. The molecule has 0 bridgehead atoms. The molecule has 0 saturated carbocycles. The summed E-state index contributed by atoms with van der Waals surface area (Å²) in [6, 6.07) is 11.4. The predicted molar refractivity (Wildman–Crippen MR) is 83.5 cm³/mol. The largest absolute Gasteiger partial charge is 0.492 e. The van der Waals surface area contributed by atoms with E-state index in [2.05, 4.69) is 20.9 Å². The molecule has 5 heteroatoms. The fraction of sp³-hybridized carbons (Fsp3) is 0.143. The van der Waals surface area contributed by atoms with Gasteiger partial charge in [0.15, 0.2) is 0 Å². The first-order valence-corrected chi connectivity index (χ1v) is 6.99. The average molecular weight is 337 g/mol. The van der Waals surface area contributed by atoms with Crippen molar-refractivity contribution >= 4 is 33.1 Å². The summed E-state index contributed by atoms with van der Waals surface area (Å²) in [7, 11) is 0. The van der Waals surface area contributed by atoms with Crippen LogP contribution in [0.1, 0.15) is 11.3 Å². The summed E-state index contributed by atoms with van der Waals surface area (Å²) >= 11 is 8.41. The van der Waals surface area contributed by atoms with E-state index in [1.807, 2.05) is 36.4 Å². The third-order valence-electron chi connectivity index (χ3n) is 2.55. The van der Waals surface area contributed by atoms with Crippen LogP contribution in [0.5, 0.6) is 5.75 Å². The summed E-state index contributed by atoms with van der Waals surface area (Å²) in [5, 5.41) is 0. The number of ether oxygens (including phenoxy) is 1. The molecule has 1 aromatic heterocycles. The van der Waals surface area contributed by atoms with Gasteiger partial charge in [-0.05, 0) is 30.3 Å². The minimum absolute atomic E-state index is 0.328. The molecule has 0 unspecified atom stereocenters. The van der Waals surface area contributed by atoms with Crippen LogP contribution in [-0.2, 0) is 6.42 Å². The van der Waals surface area contributed by atoms with Crippen LogP contribution >= 0.6 is 28.1 Å². The molecule has 3 nitrogen and oxygen atoms in total. The molecule has 0 aliphatic rings. The molecule has 0 saturated heterocycles. The van der Waals surface area contributed by atoms with E-state index in [0.717, 1.165) is 22.2 Å². The van der Waals surface area contributed by atoms with E-state index in [1.54, 1.807) is 6.20 Å². The summed E-state index contributed by atoms with van der Waals surface area (Å²) in [5.74, 6) is 0.701. The van der Waals surface area contributed by atoms with E-state index < -0.39 is 0 Å². The zero-order valence-corrected chi connectivity index (χ0v) is 12.6. The number of thiocarbonyl (C=S) groups is 1. The van der Waals surface area contributed by atoms with Crippen LogP contribution in [0, 0.1) is 0 Å². The van der Waals surface area contributed by atoms with Gasteiger partial charge in [0.25, 0.3) is 0 Å². The standard InChI is InChI=1S/C14H13BrN2OS/c15-10-4-5-13(12(9-10)14(16)19)18-8-6-11-3-1-2-7-17-11/h1-5,7,9H,6,8H2,(H2,16,19). The molecular weight excluding hydrogens is 324 g/mol. The fourth-order valence-electron chi connectivity index (χ4n) is 1.63. The summed E-state index contributed by atoms with van der Waals surface area (Å²) < 4.78 is 6.65. The topological polar surface area (TPSA) is 48.1 Å². The molecule has 1 heterocycles. The quantitative estimate of drug-likeness (QED) is 0.852. The smallest absolute Gasteiger partial charge is 0.129 e. The summed E-state index contributed by atoms with van der Waals surface area (Å²) in [6.07, 6.45) is 2.52. The van der Waals surface area contributed by atoms with E-state index in [-0.39, 0.29) is 0 Å². The molecule has 0 spiro atoms. The lowest BCUT2D eigenvalue weighted by molar-refractivity contribution is 0.320. The number of benzene rings is 1. The number of hydrogen-bond acceptors (Lipinski definition) is 3. The molecule has 0 atom stereocenters. The molecule has 0 fully saturated rings. The van der Waals surface area contributed by atoms with Crippen molar-refractivity contribution < 1.29 is 4.74 Å². The van der Waals surface area contributed by atoms with Gasteiger partial charge in [0.05, 0.1) is 12.2 Å². The van der Waals surface area contributed by atoms with Crippen LogP contribution in [0.25, 0.3) is 0 Å².